The van der Waals surface area contributed by atoms with Crippen LogP contribution in [0.15, 0.2) is 5.38 Å². The van der Waals surface area contributed by atoms with E-state index in [-0.39, 0.29) is 17.9 Å². The number of fused-ring (bicyclic) bond motifs is 1. The van der Waals surface area contributed by atoms with E-state index in [0.29, 0.717) is 19.2 Å². The molecule has 0 radical (unpaired) electrons. The van der Waals surface area contributed by atoms with Gasteiger partial charge in [-0.3, -0.25) is 14.5 Å². The molecule has 12 heteroatoms. The topological polar surface area (TPSA) is 92.2 Å². The number of hydrogen-bond donors (Lipinski definition) is 1. The van der Waals surface area contributed by atoms with Gasteiger partial charge in [0.2, 0.25) is 0 Å². The molecule has 3 atom stereocenters. The number of rotatable bonds is 3. The number of ether oxygens (including phenoxy) is 1. The van der Waals surface area contributed by atoms with Crippen LogP contribution in [-0.2, 0) is 25.7 Å². The Hall–Kier alpha value is -1.76. The number of aliphatic carboxylic acids is 1. The number of alkyl halides is 3. The van der Waals surface area contributed by atoms with Crippen molar-refractivity contribution in [3.8, 4) is 0 Å². The maximum atomic E-state index is 12.8. The number of amides is 1. The lowest BCUT2D eigenvalue weighted by molar-refractivity contribution is -0.203. The van der Waals surface area contributed by atoms with Gasteiger partial charge in [0.05, 0.1) is 25.2 Å². The fraction of sp³-hybridized carbons (Fsp3) is 0.722. The van der Waals surface area contributed by atoms with Gasteiger partial charge in [0.1, 0.15) is 5.01 Å². The lowest BCUT2D eigenvalue weighted by Crippen LogP contribution is -2.43. The number of carbonyl (C=O) groups is 2. The summed E-state index contributed by atoms with van der Waals surface area (Å²) in [4.78, 5) is 34.2. The van der Waals surface area contributed by atoms with Crippen LogP contribution < -0.4 is 0 Å². The number of carboxylic acids is 1. The van der Waals surface area contributed by atoms with Gasteiger partial charge in [-0.1, -0.05) is 0 Å². The second-order valence-corrected chi connectivity index (χ2v) is 8.34. The number of halogens is 3. The maximum Gasteiger partial charge on any atom is 0.490 e. The molecule has 3 aliphatic heterocycles. The zero-order valence-electron chi connectivity index (χ0n) is 16.4. The van der Waals surface area contributed by atoms with E-state index in [4.69, 9.17) is 19.5 Å². The van der Waals surface area contributed by atoms with Gasteiger partial charge in [-0.25, -0.2) is 14.8 Å². The van der Waals surface area contributed by atoms with E-state index in [0.717, 1.165) is 49.7 Å². The summed E-state index contributed by atoms with van der Waals surface area (Å²) in [5.74, 6) is -2.77. The highest BCUT2D eigenvalue weighted by Gasteiger charge is 2.50. The van der Waals surface area contributed by atoms with Gasteiger partial charge in [-0.2, -0.15) is 13.2 Å². The van der Waals surface area contributed by atoms with Crippen LogP contribution in [0, 0.1) is 12.8 Å². The molecule has 3 saturated heterocycles. The normalized spacial score (nSPS) is 26.8. The van der Waals surface area contributed by atoms with Crippen LogP contribution in [0.25, 0.3) is 0 Å². The first-order chi connectivity index (χ1) is 14.2. The highest BCUT2D eigenvalue weighted by molar-refractivity contribution is 7.09. The van der Waals surface area contributed by atoms with Crippen molar-refractivity contribution in [2.45, 2.75) is 51.1 Å². The first-order valence-electron chi connectivity index (χ1n) is 9.68. The molecular weight excluding hydrogens is 427 g/mol. The minimum Gasteiger partial charge on any atom is -0.475 e. The average molecular weight is 451 g/mol. The highest BCUT2D eigenvalue weighted by atomic mass is 32.1. The molecule has 1 aromatic rings. The van der Waals surface area contributed by atoms with Gasteiger partial charge in [0.25, 0.3) is 5.91 Å². The number of hydrogen-bond acceptors (Lipinski definition) is 7. The van der Waals surface area contributed by atoms with Crippen molar-refractivity contribution >= 4 is 23.2 Å². The Kier molecular flexibility index (Phi) is 7.32. The predicted molar refractivity (Wildman–Crippen MR) is 99.5 cm³/mol. The van der Waals surface area contributed by atoms with E-state index in [2.05, 4.69) is 15.3 Å². The zero-order valence-corrected chi connectivity index (χ0v) is 17.2. The fourth-order valence-electron chi connectivity index (χ4n) is 3.87. The molecule has 0 aromatic carbocycles. The third-order valence-corrected chi connectivity index (χ3v) is 6.16. The SMILES string of the molecule is Cc1csc(CN2C[C@H](C(=O)N3CCCCO3)[C@H]3OCC[C@H]32)n1.O=C(O)C(F)(F)F. The summed E-state index contributed by atoms with van der Waals surface area (Å²) in [6, 6.07) is 0.331. The Bertz CT molecular complexity index is 754. The van der Waals surface area contributed by atoms with E-state index in [9.17, 15) is 18.0 Å². The molecule has 3 aliphatic rings. The Labute approximate surface area is 175 Å². The van der Waals surface area contributed by atoms with Crippen LogP contribution in [0.4, 0.5) is 13.2 Å². The maximum absolute atomic E-state index is 12.8. The first kappa shape index (κ1) is 22.9. The monoisotopic (exact) mass is 451 g/mol. The van der Waals surface area contributed by atoms with Crippen molar-refractivity contribution in [2.75, 3.05) is 26.3 Å². The molecule has 1 N–H and O–H groups in total. The van der Waals surface area contributed by atoms with E-state index in [1.807, 2.05) is 6.92 Å². The number of carboxylic acid groups (broad SMARTS) is 1. The smallest absolute Gasteiger partial charge is 0.475 e. The van der Waals surface area contributed by atoms with Crippen LogP contribution in [0.5, 0.6) is 0 Å². The van der Waals surface area contributed by atoms with Crippen molar-refractivity contribution in [1.29, 1.82) is 0 Å². The van der Waals surface area contributed by atoms with E-state index in [1.165, 1.54) is 0 Å². The largest absolute Gasteiger partial charge is 0.490 e. The average Bonchev–Trinajstić information content (AvgIpc) is 3.40. The summed E-state index contributed by atoms with van der Waals surface area (Å²) < 4.78 is 37.6. The van der Waals surface area contributed by atoms with Crippen LogP contribution in [-0.4, -0.2) is 76.6 Å². The molecule has 4 rings (SSSR count). The van der Waals surface area contributed by atoms with E-state index in [1.54, 1.807) is 16.4 Å². The molecule has 0 bridgehead atoms. The minimum atomic E-state index is -5.08. The standard InChI is InChI=1S/C16H23N3O3S.C2HF3O2/c1-11-10-23-14(17-11)9-18-8-12(15-13(18)4-7-21-15)16(20)19-5-2-3-6-22-19;3-2(4,5)1(6)7/h10,12-13,15H,2-9H2,1H3;(H,6,7)/t12-,13+,15+;/m0./s1. The van der Waals surface area contributed by atoms with Gasteiger partial charge in [-0.15, -0.1) is 11.3 Å². The van der Waals surface area contributed by atoms with Crippen LogP contribution in [0.1, 0.15) is 30.0 Å². The second kappa shape index (κ2) is 9.58. The van der Waals surface area contributed by atoms with Crippen LogP contribution in [0.3, 0.4) is 0 Å². The lowest BCUT2D eigenvalue weighted by atomic mass is 10.0. The fourth-order valence-corrected chi connectivity index (χ4v) is 4.67. The first-order valence-corrected chi connectivity index (χ1v) is 10.6. The molecule has 0 spiro atoms. The number of thiazole rings is 1. The number of likely N-dealkylation sites (tertiary alicyclic amines) is 1. The molecule has 0 unspecified atom stereocenters. The summed E-state index contributed by atoms with van der Waals surface area (Å²) in [6.07, 6.45) is -2.02. The van der Waals surface area contributed by atoms with E-state index >= 15 is 0 Å². The summed E-state index contributed by atoms with van der Waals surface area (Å²) >= 11 is 1.69. The minimum absolute atomic E-state index is 0.00841. The quantitative estimate of drug-likeness (QED) is 0.754. The Morgan fingerprint density at radius 1 is 1.33 bits per heavy atom. The van der Waals surface area contributed by atoms with Crippen LogP contribution >= 0.6 is 11.3 Å². The molecule has 0 saturated carbocycles. The van der Waals surface area contributed by atoms with Gasteiger partial charge >= 0.3 is 12.1 Å². The van der Waals surface area contributed by atoms with Gasteiger partial charge < -0.3 is 9.84 Å². The highest BCUT2D eigenvalue weighted by Crippen LogP contribution is 2.36. The summed E-state index contributed by atoms with van der Waals surface area (Å²) in [5.41, 5.74) is 1.07. The molecule has 3 fully saturated rings. The van der Waals surface area contributed by atoms with Gasteiger partial charge in [0.15, 0.2) is 0 Å². The van der Waals surface area contributed by atoms with Crippen molar-refractivity contribution in [1.82, 2.24) is 14.9 Å². The predicted octanol–water partition coefficient (Wildman–Crippen LogP) is 2.23. The van der Waals surface area contributed by atoms with Gasteiger partial charge in [-0.05, 0) is 26.2 Å². The summed E-state index contributed by atoms with van der Waals surface area (Å²) in [6.45, 7) is 5.67. The van der Waals surface area contributed by atoms with Crippen LogP contribution in [0.2, 0.25) is 0 Å². The van der Waals surface area contributed by atoms with Crippen molar-refractivity contribution in [2.24, 2.45) is 5.92 Å². The lowest BCUT2D eigenvalue weighted by Gasteiger charge is -2.29. The summed E-state index contributed by atoms with van der Waals surface area (Å²) in [7, 11) is 0. The molecule has 0 aliphatic carbocycles. The molecular formula is C18H24F3N3O5S. The van der Waals surface area contributed by atoms with Crippen molar-refractivity contribution in [3.05, 3.63) is 16.1 Å². The number of hydroxylamine groups is 2. The Morgan fingerprint density at radius 3 is 2.63 bits per heavy atom. The van der Waals surface area contributed by atoms with Crippen molar-refractivity contribution in [3.63, 3.8) is 0 Å². The third kappa shape index (κ3) is 5.48. The molecule has 1 amide bonds. The molecule has 168 valence electrons. The molecule has 8 nitrogen and oxygen atoms in total. The number of aromatic nitrogens is 1. The third-order valence-electron chi connectivity index (χ3n) is 5.21. The Morgan fingerprint density at radius 2 is 2.07 bits per heavy atom. The number of nitrogens with zero attached hydrogens (tertiary/aromatic N) is 3. The zero-order chi connectivity index (χ0) is 21.9. The second-order valence-electron chi connectivity index (χ2n) is 7.39. The van der Waals surface area contributed by atoms with Gasteiger partial charge in [0, 0.05) is 36.8 Å². The summed E-state index contributed by atoms with van der Waals surface area (Å²) in [5, 5.41) is 11.9. The molecule has 1 aromatic heterocycles. The molecule has 30 heavy (non-hydrogen) atoms. The number of aryl methyl sites for hydroxylation is 1. The van der Waals surface area contributed by atoms with E-state index < -0.39 is 12.1 Å². The van der Waals surface area contributed by atoms with Crippen molar-refractivity contribution < 1.29 is 37.4 Å². The number of carbonyl (C=O) groups excluding carboxylic acids is 1. The molecule has 4 heterocycles. The Balaban J connectivity index is 0.000000318.